The van der Waals surface area contributed by atoms with Crippen LogP contribution in [0.15, 0.2) is 23.8 Å². The first-order valence-corrected chi connectivity index (χ1v) is 6.75. The average molecular weight is 294 g/mol. The number of allylic oxidation sites excluding steroid dienone is 4. The summed E-state index contributed by atoms with van der Waals surface area (Å²) in [6, 6.07) is 0. The molecular formula is C15H18O6. The maximum Gasteiger partial charge on any atom is 0.313 e. The van der Waals surface area contributed by atoms with E-state index in [4.69, 9.17) is 9.47 Å². The van der Waals surface area contributed by atoms with Crippen molar-refractivity contribution in [3.05, 3.63) is 23.8 Å². The summed E-state index contributed by atoms with van der Waals surface area (Å²) in [6.45, 7) is 3.67. The number of rotatable bonds is 8. The summed E-state index contributed by atoms with van der Waals surface area (Å²) < 4.78 is 9.40. The van der Waals surface area contributed by atoms with Crippen LogP contribution in [0.1, 0.15) is 26.7 Å². The molecule has 0 spiro atoms. The summed E-state index contributed by atoms with van der Waals surface area (Å²) in [5, 5.41) is 0. The molecule has 1 aliphatic rings. The maximum absolute atomic E-state index is 12.0. The monoisotopic (exact) mass is 294 g/mol. The second-order valence-electron chi connectivity index (χ2n) is 4.34. The van der Waals surface area contributed by atoms with Crippen LogP contribution in [0.5, 0.6) is 0 Å². The van der Waals surface area contributed by atoms with Crippen LogP contribution in [-0.2, 0) is 28.7 Å². The van der Waals surface area contributed by atoms with Gasteiger partial charge in [-0.25, -0.2) is 0 Å². The molecule has 114 valence electrons. The van der Waals surface area contributed by atoms with Gasteiger partial charge in [-0.2, -0.15) is 0 Å². The number of carbonyl (C=O) groups excluding carboxylic acids is 4. The van der Waals surface area contributed by atoms with E-state index in [1.807, 2.05) is 0 Å². The highest BCUT2D eigenvalue weighted by molar-refractivity contribution is 6.11. The van der Waals surface area contributed by atoms with E-state index in [1.165, 1.54) is 12.2 Å². The molecule has 21 heavy (non-hydrogen) atoms. The zero-order chi connectivity index (χ0) is 15.8. The van der Waals surface area contributed by atoms with E-state index >= 15 is 0 Å². The number of esters is 2. The zero-order valence-corrected chi connectivity index (χ0v) is 12.1. The first kappa shape index (κ1) is 16.8. The van der Waals surface area contributed by atoms with E-state index < -0.39 is 42.3 Å². The van der Waals surface area contributed by atoms with Crippen LogP contribution in [-0.4, -0.2) is 36.7 Å². The molecule has 0 saturated carbocycles. The van der Waals surface area contributed by atoms with E-state index in [2.05, 4.69) is 0 Å². The Morgan fingerprint density at radius 2 is 1.57 bits per heavy atom. The molecule has 0 aromatic carbocycles. The van der Waals surface area contributed by atoms with Crippen molar-refractivity contribution < 1.29 is 28.7 Å². The fourth-order valence-corrected chi connectivity index (χ4v) is 1.93. The zero-order valence-electron chi connectivity index (χ0n) is 12.1. The van der Waals surface area contributed by atoms with Crippen LogP contribution in [0, 0.1) is 5.92 Å². The molecule has 0 N–H and O–H groups in total. The van der Waals surface area contributed by atoms with Gasteiger partial charge in [0.15, 0.2) is 11.6 Å². The van der Waals surface area contributed by atoms with E-state index in [0.717, 1.165) is 0 Å². The topological polar surface area (TPSA) is 86.7 Å². The van der Waals surface area contributed by atoms with Crippen molar-refractivity contribution in [2.24, 2.45) is 5.92 Å². The van der Waals surface area contributed by atoms with Gasteiger partial charge < -0.3 is 9.47 Å². The normalized spacial score (nSPS) is 16.3. The van der Waals surface area contributed by atoms with Gasteiger partial charge in [0.2, 0.25) is 0 Å². The maximum atomic E-state index is 12.0. The average Bonchev–Trinajstić information content (AvgIpc) is 2.88. The molecule has 1 rings (SSSR count). The van der Waals surface area contributed by atoms with E-state index in [9.17, 15) is 19.2 Å². The highest BCUT2D eigenvalue weighted by atomic mass is 16.5. The van der Waals surface area contributed by atoms with Gasteiger partial charge in [-0.3, -0.25) is 19.2 Å². The number of ketones is 2. The minimum absolute atomic E-state index is 0.189. The fraction of sp³-hybridized carbons (Fsp3) is 0.467. The fourth-order valence-electron chi connectivity index (χ4n) is 1.93. The second kappa shape index (κ2) is 8.14. The number of hydrogen-bond donors (Lipinski definition) is 0. The van der Waals surface area contributed by atoms with Gasteiger partial charge in [-0.15, -0.1) is 0 Å². The molecule has 1 unspecified atom stereocenters. The largest absolute Gasteiger partial charge is 0.466 e. The Bertz CT molecular complexity index is 500. The third-order valence-corrected chi connectivity index (χ3v) is 2.82. The summed E-state index contributed by atoms with van der Waals surface area (Å²) in [7, 11) is 0. The second-order valence-corrected chi connectivity index (χ2v) is 4.34. The molecule has 0 fully saturated rings. The standard InChI is InChI=1S/C15H18O6/c1-3-20-14(18)8-12(16)10-6-5-7-11(10)13(17)9-15(19)21-4-2/h5-7,10H,3-4,8-9H2,1-2H3. The first-order valence-electron chi connectivity index (χ1n) is 6.75. The lowest BCUT2D eigenvalue weighted by atomic mass is 9.92. The number of carbonyl (C=O) groups is 4. The summed E-state index contributed by atoms with van der Waals surface area (Å²) in [4.78, 5) is 46.6. The Morgan fingerprint density at radius 1 is 1.00 bits per heavy atom. The number of Topliss-reactive ketones (excluding diaryl/α,β-unsaturated/α-hetero) is 2. The number of hydrogen-bond acceptors (Lipinski definition) is 6. The predicted molar refractivity (Wildman–Crippen MR) is 73.2 cm³/mol. The predicted octanol–water partition coefficient (Wildman–Crippen LogP) is 1.14. The van der Waals surface area contributed by atoms with Crippen molar-refractivity contribution in [3.63, 3.8) is 0 Å². The van der Waals surface area contributed by atoms with Crippen LogP contribution in [0.2, 0.25) is 0 Å². The van der Waals surface area contributed by atoms with E-state index in [-0.39, 0.29) is 18.8 Å². The Hall–Kier alpha value is -2.24. The molecule has 0 aromatic rings. The van der Waals surface area contributed by atoms with Crippen molar-refractivity contribution in [1.29, 1.82) is 0 Å². The van der Waals surface area contributed by atoms with Gasteiger partial charge in [0.25, 0.3) is 0 Å². The van der Waals surface area contributed by atoms with Crippen molar-refractivity contribution in [1.82, 2.24) is 0 Å². The summed E-state index contributed by atoms with van der Waals surface area (Å²) in [6.07, 6.45) is 3.76. The molecular weight excluding hydrogens is 276 g/mol. The van der Waals surface area contributed by atoms with Gasteiger partial charge in [0.05, 0.1) is 19.1 Å². The van der Waals surface area contributed by atoms with Gasteiger partial charge >= 0.3 is 11.9 Å². The smallest absolute Gasteiger partial charge is 0.313 e. The Labute approximate surface area is 122 Å². The lowest BCUT2D eigenvalue weighted by Crippen LogP contribution is -2.23. The molecule has 0 aliphatic heterocycles. The lowest BCUT2D eigenvalue weighted by molar-refractivity contribution is -0.147. The molecule has 0 aromatic heterocycles. The minimum Gasteiger partial charge on any atom is -0.466 e. The van der Waals surface area contributed by atoms with E-state index in [0.29, 0.717) is 0 Å². The van der Waals surface area contributed by atoms with Crippen molar-refractivity contribution >= 4 is 23.5 Å². The number of ether oxygens (including phenoxy) is 2. The van der Waals surface area contributed by atoms with Gasteiger partial charge in [-0.05, 0) is 13.8 Å². The third-order valence-electron chi connectivity index (χ3n) is 2.82. The first-order chi connectivity index (χ1) is 9.99. The molecule has 6 heteroatoms. The molecule has 1 atom stereocenters. The summed E-state index contributed by atoms with van der Waals surface area (Å²) in [5.41, 5.74) is 0.206. The molecule has 0 bridgehead atoms. The molecule has 1 aliphatic carbocycles. The highest BCUT2D eigenvalue weighted by Crippen LogP contribution is 2.24. The third kappa shape index (κ3) is 4.98. The lowest BCUT2D eigenvalue weighted by Gasteiger charge is -2.11. The van der Waals surface area contributed by atoms with Crippen molar-refractivity contribution in [2.75, 3.05) is 13.2 Å². The minimum atomic E-state index is -0.795. The molecule has 0 saturated heterocycles. The Morgan fingerprint density at radius 3 is 2.14 bits per heavy atom. The molecule has 0 heterocycles. The van der Waals surface area contributed by atoms with Crippen LogP contribution < -0.4 is 0 Å². The van der Waals surface area contributed by atoms with Crippen LogP contribution in [0.3, 0.4) is 0 Å². The molecule has 0 radical (unpaired) electrons. The molecule has 0 amide bonds. The highest BCUT2D eigenvalue weighted by Gasteiger charge is 2.30. The Kier molecular flexibility index (Phi) is 6.52. The van der Waals surface area contributed by atoms with Gasteiger partial charge in [0.1, 0.15) is 12.8 Å². The SMILES string of the molecule is CCOC(=O)CC(=O)C1=CC=CC1C(=O)CC(=O)OCC. The quantitative estimate of drug-likeness (QED) is 0.493. The molecule has 6 nitrogen and oxygen atoms in total. The van der Waals surface area contributed by atoms with Crippen molar-refractivity contribution in [3.8, 4) is 0 Å². The van der Waals surface area contributed by atoms with Crippen molar-refractivity contribution in [2.45, 2.75) is 26.7 Å². The Balaban J connectivity index is 2.63. The van der Waals surface area contributed by atoms with E-state index in [1.54, 1.807) is 19.9 Å². The van der Waals surface area contributed by atoms with Crippen LogP contribution in [0.4, 0.5) is 0 Å². The summed E-state index contributed by atoms with van der Waals surface area (Å²) in [5.74, 6) is -2.95. The van der Waals surface area contributed by atoms with Crippen LogP contribution in [0.25, 0.3) is 0 Å². The van der Waals surface area contributed by atoms with Crippen LogP contribution >= 0.6 is 0 Å². The van der Waals surface area contributed by atoms with Gasteiger partial charge in [-0.1, -0.05) is 18.2 Å². The summed E-state index contributed by atoms with van der Waals surface area (Å²) >= 11 is 0. The van der Waals surface area contributed by atoms with Gasteiger partial charge in [0, 0.05) is 5.57 Å².